The Bertz CT molecular complexity index is 102. The van der Waals surface area contributed by atoms with Crippen molar-refractivity contribution in [2.24, 2.45) is 0 Å². The Labute approximate surface area is 49.5 Å². The minimum atomic E-state index is -5.17. The summed E-state index contributed by atoms with van der Waals surface area (Å²) < 4.78 is 42.3. The monoisotopic (exact) mass is 163 g/mol. The predicted octanol–water partition coefficient (Wildman–Crippen LogP) is -1.46. The second-order valence-electron chi connectivity index (χ2n) is 0.408. The molecular weight excluding hydrogens is 163 g/mol. The van der Waals surface area contributed by atoms with Crippen LogP contribution in [0.4, 0.5) is 0 Å². The van der Waals surface area contributed by atoms with Crippen molar-refractivity contribution in [2.75, 3.05) is 0 Å². The number of hydrogen-bond acceptors (Lipinski definition) is 5. The Morgan fingerprint density at radius 1 is 1.14 bits per heavy atom. The predicted molar refractivity (Wildman–Crippen MR) is 11.2 cm³/mol. The van der Waals surface area contributed by atoms with Crippen LogP contribution in [0.15, 0.2) is 0 Å². The van der Waals surface area contributed by atoms with E-state index in [1.807, 2.05) is 0 Å². The molecule has 7 heteroatoms. The Morgan fingerprint density at radius 2 is 1.14 bits per heavy atom. The average molecular weight is 163 g/mol. The zero-order valence-corrected chi connectivity index (χ0v) is 5.11. The van der Waals surface area contributed by atoms with Gasteiger partial charge in [-0.25, -0.2) is 0 Å². The summed E-state index contributed by atoms with van der Waals surface area (Å²) >= 11 is 1.06. The van der Waals surface area contributed by atoms with Crippen LogP contribution in [0.1, 0.15) is 0 Å². The Balaban J connectivity index is 0. The molecule has 0 rings (SSSR count). The summed E-state index contributed by atoms with van der Waals surface area (Å²) in [7, 11) is -5.17. The average Bonchev–Trinajstić information content (AvgIpc) is 1.36. The SMILES string of the molecule is O=S(=O)([O-])[O-].[O]=[V+2]. The van der Waals surface area contributed by atoms with Crippen molar-refractivity contribution in [3.8, 4) is 0 Å². The molecule has 0 fully saturated rings. The van der Waals surface area contributed by atoms with Crippen LogP contribution < -0.4 is 0 Å². The van der Waals surface area contributed by atoms with E-state index in [4.69, 9.17) is 21.2 Å². The summed E-state index contributed by atoms with van der Waals surface area (Å²) in [6, 6.07) is 0. The van der Waals surface area contributed by atoms with E-state index >= 15 is 0 Å². The quantitative estimate of drug-likeness (QED) is 0.321. The van der Waals surface area contributed by atoms with E-state index in [0.29, 0.717) is 0 Å². The molecule has 0 saturated carbocycles. The third kappa shape index (κ3) is 1750. The molecule has 0 bridgehead atoms. The fraction of sp³-hybridized carbons (Fsp3) is 0. The van der Waals surface area contributed by atoms with Crippen LogP contribution in [-0.2, 0) is 31.4 Å². The van der Waals surface area contributed by atoms with Crippen LogP contribution in [0.5, 0.6) is 0 Å². The van der Waals surface area contributed by atoms with Crippen molar-refractivity contribution >= 4 is 10.4 Å². The molecule has 0 amide bonds. The molecule has 0 aliphatic heterocycles. The number of rotatable bonds is 0. The summed E-state index contributed by atoms with van der Waals surface area (Å²) in [5.41, 5.74) is 0. The summed E-state index contributed by atoms with van der Waals surface area (Å²) in [6.45, 7) is 0. The first-order valence-electron chi connectivity index (χ1n) is 0.849. The molecule has 0 aliphatic carbocycles. The van der Waals surface area contributed by atoms with Crippen LogP contribution in [0.3, 0.4) is 0 Å². The first-order chi connectivity index (χ1) is 3.00. The van der Waals surface area contributed by atoms with E-state index in [2.05, 4.69) is 0 Å². The molecule has 0 saturated heterocycles. The van der Waals surface area contributed by atoms with Gasteiger partial charge in [-0.3, -0.25) is 8.42 Å². The first kappa shape index (κ1) is 10.3. The van der Waals surface area contributed by atoms with Crippen molar-refractivity contribution in [1.82, 2.24) is 0 Å². The van der Waals surface area contributed by atoms with Gasteiger partial charge in [-0.05, 0) is 0 Å². The fourth-order valence-corrected chi connectivity index (χ4v) is 0. The van der Waals surface area contributed by atoms with E-state index < -0.39 is 10.4 Å². The van der Waals surface area contributed by atoms with Crippen molar-refractivity contribution in [2.45, 2.75) is 0 Å². The van der Waals surface area contributed by atoms with Crippen LogP contribution in [0.2, 0.25) is 0 Å². The van der Waals surface area contributed by atoms with E-state index in [-0.39, 0.29) is 0 Å². The van der Waals surface area contributed by atoms with Gasteiger partial charge in [-0.2, -0.15) is 0 Å². The molecule has 0 unspecified atom stereocenters. The maximum atomic E-state index is 8.52. The number of hydrogen-bond donors (Lipinski definition) is 0. The molecule has 0 aromatic heterocycles. The van der Waals surface area contributed by atoms with Gasteiger partial charge < -0.3 is 9.11 Å². The second-order valence-corrected chi connectivity index (χ2v) is 1.22. The summed E-state index contributed by atoms with van der Waals surface area (Å²) in [5.74, 6) is 0. The molecule has 0 radical (unpaired) electrons. The first-order valence-corrected chi connectivity index (χ1v) is 2.75. The minimum absolute atomic E-state index is 1.06. The van der Waals surface area contributed by atoms with Crippen LogP contribution in [0.25, 0.3) is 0 Å². The molecule has 0 heterocycles. The van der Waals surface area contributed by atoms with Crippen molar-refractivity contribution < 1.29 is 38.6 Å². The molecule has 5 nitrogen and oxygen atoms in total. The molecule has 0 aromatic rings. The molecule has 41 valence electrons. The van der Waals surface area contributed by atoms with Crippen molar-refractivity contribution in [3.05, 3.63) is 0 Å². The van der Waals surface area contributed by atoms with E-state index in [0.717, 1.165) is 17.4 Å². The molecule has 0 atom stereocenters. The summed E-state index contributed by atoms with van der Waals surface area (Å²) in [6.07, 6.45) is 0. The van der Waals surface area contributed by atoms with E-state index in [1.54, 1.807) is 0 Å². The Kier molecular flexibility index (Phi) is 6.48. The summed E-state index contributed by atoms with van der Waals surface area (Å²) in [5, 5.41) is 0. The molecule has 7 heavy (non-hydrogen) atoms. The second kappa shape index (κ2) is 4.41. The van der Waals surface area contributed by atoms with Gasteiger partial charge in [0.1, 0.15) is 0 Å². The van der Waals surface area contributed by atoms with Crippen LogP contribution in [-0.4, -0.2) is 17.5 Å². The normalized spacial score (nSPS) is 9.14. The van der Waals surface area contributed by atoms with Gasteiger partial charge in [0.25, 0.3) is 0 Å². The topological polar surface area (TPSA) is 97.3 Å². The van der Waals surface area contributed by atoms with Gasteiger partial charge >= 0.3 is 21.0 Å². The molecule has 0 spiro atoms. The standard InChI is InChI=1S/H2O4S.O.V/c1-5(2,3)4;;/h(H2,1,2,3,4);;/q;;+2/p-2. The summed E-state index contributed by atoms with van der Waals surface area (Å²) in [4.78, 5) is 0. The van der Waals surface area contributed by atoms with Gasteiger partial charge in [-0.1, -0.05) is 0 Å². The zero-order chi connectivity index (χ0) is 6.50. The molecular formula is O5SV. The van der Waals surface area contributed by atoms with Crippen LogP contribution in [0, 0.1) is 0 Å². The Morgan fingerprint density at radius 3 is 1.14 bits per heavy atom. The van der Waals surface area contributed by atoms with E-state index in [9.17, 15) is 0 Å². The van der Waals surface area contributed by atoms with E-state index in [1.165, 1.54) is 0 Å². The van der Waals surface area contributed by atoms with Crippen LogP contribution >= 0.6 is 0 Å². The molecule has 0 aromatic carbocycles. The fourth-order valence-electron chi connectivity index (χ4n) is 0. The van der Waals surface area contributed by atoms with Gasteiger partial charge in [0.15, 0.2) is 0 Å². The van der Waals surface area contributed by atoms with Gasteiger partial charge in [0.05, 0.1) is 0 Å². The molecule has 0 aliphatic rings. The zero-order valence-electron chi connectivity index (χ0n) is 2.90. The van der Waals surface area contributed by atoms with Crippen molar-refractivity contribution in [3.63, 3.8) is 0 Å². The maximum absolute atomic E-state index is 8.52. The molecule has 0 N–H and O–H groups in total. The third-order valence-electron chi connectivity index (χ3n) is 0. The van der Waals surface area contributed by atoms with Gasteiger partial charge in [-0.15, -0.1) is 0 Å². The van der Waals surface area contributed by atoms with Gasteiger partial charge in [0, 0.05) is 10.4 Å². The third-order valence-corrected chi connectivity index (χ3v) is 0. The van der Waals surface area contributed by atoms with Gasteiger partial charge in [0.2, 0.25) is 0 Å². The Hall–Kier alpha value is 0.254. The van der Waals surface area contributed by atoms with Crippen molar-refractivity contribution in [1.29, 1.82) is 0 Å².